The Hall–Kier alpha value is -0.180. The predicted molar refractivity (Wildman–Crippen MR) is 43.1 cm³/mol. The monoisotopic (exact) mass is 178 g/mol. The second-order valence-electron chi connectivity index (χ2n) is 4.55. The van der Waals surface area contributed by atoms with Gasteiger partial charge in [0.1, 0.15) is 0 Å². The van der Waals surface area contributed by atoms with E-state index >= 15 is 0 Å². The van der Waals surface area contributed by atoms with Gasteiger partial charge < -0.3 is 4.74 Å². The summed E-state index contributed by atoms with van der Waals surface area (Å²) in [6, 6.07) is 0. The minimum atomic E-state index is -2.87. The molecule has 0 spiro atoms. The first-order valence-electron chi connectivity index (χ1n) is 4.33. The molecule has 0 aromatic rings. The van der Waals surface area contributed by atoms with Gasteiger partial charge in [-0.25, -0.2) is 0 Å². The molecule has 1 atom stereocenters. The molecule has 0 N–H and O–H groups in total. The smallest absolute Gasteiger partial charge is 0.320 e. The fraction of sp³-hybridized carbons (Fsp3) is 1.00. The van der Waals surface area contributed by atoms with E-state index in [1.165, 1.54) is 0 Å². The molecule has 72 valence electrons. The molecule has 3 heteroatoms. The third kappa shape index (κ3) is 2.41. The SMILES string of the molecule is CC(C)(C)C1CCC(F)(F)OC1. The van der Waals surface area contributed by atoms with Crippen molar-refractivity contribution in [2.45, 2.75) is 39.7 Å². The summed E-state index contributed by atoms with van der Waals surface area (Å²) in [5.74, 6) is 0.261. The zero-order chi connectivity index (χ0) is 9.41. The van der Waals surface area contributed by atoms with Crippen molar-refractivity contribution in [3.8, 4) is 0 Å². The van der Waals surface area contributed by atoms with Gasteiger partial charge in [0.05, 0.1) is 6.61 Å². The Bertz CT molecular complexity index is 150. The summed E-state index contributed by atoms with van der Waals surface area (Å²) in [4.78, 5) is 0. The summed E-state index contributed by atoms with van der Waals surface area (Å²) < 4.78 is 29.6. The molecule has 1 unspecified atom stereocenters. The van der Waals surface area contributed by atoms with Gasteiger partial charge in [0, 0.05) is 6.42 Å². The molecule has 12 heavy (non-hydrogen) atoms. The summed E-state index contributed by atoms with van der Waals surface area (Å²) in [5.41, 5.74) is 0.0799. The van der Waals surface area contributed by atoms with Crippen molar-refractivity contribution in [3.63, 3.8) is 0 Å². The Balaban J connectivity index is 2.47. The van der Waals surface area contributed by atoms with Crippen molar-refractivity contribution >= 4 is 0 Å². The van der Waals surface area contributed by atoms with Crippen LogP contribution in [0.1, 0.15) is 33.6 Å². The van der Waals surface area contributed by atoms with E-state index in [4.69, 9.17) is 0 Å². The Morgan fingerprint density at radius 3 is 2.25 bits per heavy atom. The van der Waals surface area contributed by atoms with Crippen molar-refractivity contribution in [3.05, 3.63) is 0 Å². The first kappa shape index (κ1) is 9.90. The quantitative estimate of drug-likeness (QED) is 0.554. The second-order valence-corrected chi connectivity index (χ2v) is 4.55. The maximum atomic E-state index is 12.5. The maximum Gasteiger partial charge on any atom is 0.355 e. The highest BCUT2D eigenvalue weighted by Gasteiger charge is 2.39. The van der Waals surface area contributed by atoms with Gasteiger partial charge >= 0.3 is 6.11 Å². The Morgan fingerprint density at radius 2 is 1.92 bits per heavy atom. The van der Waals surface area contributed by atoms with Gasteiger partial charge in [0.25, 0.3) is 0 Å². The van der Waals surface area contributed by atoms with Crippen LogP contribution in [0.25, 0.3) is 0 Å². The van der Waals surface area contributed by atoms with Crippen molar-refractivity contribution in [1.29, 1.82) is 0 Å². The Kier molecular flexibility index (Phi) is 2.43. The standard InChI is InChI=1S/C9H16F2O/c1-8(2,3)7-4-5-9(10,11)12-6-7/h7H,4-6H2,1-3H3. The van der Waals surface area contributed by atoms with Crippen molar-refractivity contribution in [2.24, 2.45) is 11.3 Å². The van der Waals surface area contributed by atoms with Crippen molar-refractivity contribution in [2.75, 3.05) is 6.61 Å². The highest BCUT2D eigenvalue weighted by atomic mass is 19.3. The van der Waals surface area contributed by atoms with Crippen LogP contribution in [0.5, 0.6) is 0 Å². The van der Waals surface area contributed by atoms with Gasteiger partial charge in [-0.05, 0) is 17.8 Å². The Morgan fingerprint density at radius 1 is 1.33 bits per heavy atom. The van der Waals surface area contributed by atoms with E-state index in [1.807, 2.05) is 0 Å². The zero-order valence-electron chi connectivity index (χ0n) is 7.86. The molecule has 1 aliphatic heterocycles. The first-order chi connectivity index (χ1) is 5.31. The van der Waals surface area contributed by atoms with E-state index in [-0.39, 0.29) is 24.4 Å². The van der Waals surface area contributed by atoms with Crippen LogP contribution in [0.4, 0.5) is 8.78 Å². The number of alkyl halides is 2. The largest absolute Gasteiger partial charge is 0.355 e. The lowest BCUT2D eigenvalue weighted by atomic mass is 9.77. The topological polar surface area (TPSA) is 9.23 Å². The van der Waals surface area contributed by atoms with E-state index in [9.17, 15) is 8.78 Å². The number of ether oxygens (including phenoxy) is 1. The summed E-state index contributed by atoms with van der Waals surface area (Å²) in [7, 11) is 0. The van der Waals surface area contributed by atoms with Crippen LogP contribution in [0.3, 0.4) is 0 Å². The van der Waals surface area contributed by atoms with Crippen LogP contribution >= 0.6 is 0 Å². The molecule has 0 bridgehead atoms. The van der Waals surface area contributed by atoms with Gasteiger partial charge in [0.15, 0.2) is 0 Å². The molecule has 0 aromatic carbocycles. The molecular formula is C9H16F2O. The molecule has 0 saturated carbocycles. The van der Waals surface area contributed by atoms with Crippen molar-refractivity contribution in [1.82, 2.24) is 0 Å². The van der Waals surface area contributed by atoms with E-state index in [1.54, 1.807) is 0 Å². The zero-order valence-corrected chi connectivity index (χ0v) is 7.86. The summed E-state index contributed by atoms with van der Waals surface area (Å²) >= 11 is 0. The van der Waals surface area contributed by atoms with Crippen LogP contribution in [0.15, 0.2) is 0 Å². The van der Waals surface area contributed by atoms with Crippen LogP contribution in [-0.4, -0.2) is 12.7 Å². The van der Waals surface area contributed by atoms with Crippen LogP contribution in [0.2, 0.25) is 0 Å². The van der Waals surface area contributed by atoms with Gasteiger partial charge in [-0.1, -0.05) is 20.8 Å². The van der Waals surface area contributed by atoms with Gasteiger partial charge in [-0.3, -0.25) is 0 Å². The molecule has 1 rings (SSSR count). The van der Waals surface area contributed by atoms with Crippen LogP contribution in [0, 0.1) is 11.3 Å². The first-order valence-corrected chi connectivity index (χ1v) is 4.33. The third-order valence-electron chi connectivity index (χ3n) is 2.50. The number of halogens is 2. The van der Waals surface area contributed by atoms with Gasteiger partial charge in [0.2, 0.25) is 0 Å². The van der Waals surface area contributed by atoms with E-state index in [2.05, 4.69) is 25.5 Å². The summed E-state index contributed by atoms with van der Waals surface area (Å²) in [6.45, 7) is 6.37. The lowest BCUT2D eigenvalue weighted by Gasteiger charge is -2.36. The van der Waals surface area contributed by atoms with E-state index in [0.29, 0.717) is 6.42 Å². The highest BCUT2D eigenvalue weighted by molar-refractivity contribution is 4.78. The molecule has 0 aromatic heterocycles. The Labute approximate surface area is 72.1 Å². The van der Waals surface area contributed by atoms with Gasteiger partial charge in [-0.15, -0.1) is 0 Å². The van der Waals surface area contributed by atoms with Crippen LogP contribution < -0.4 is 0 Å². The molecule has 0 radical (unpaired) electrons. The average molecular weight is 178 g/mol. The summed E-state index contributed by atoms with van der Waals surface area (Å²) in [6.07, 6.45) is -2.44. The molecule has 0 amide bonds. The fourth-order valence-electron chi connectivity index (χ4n) is 1.40. The highest BCUT2D eigenvalue weighted by Crippen LogP contribution is 2.38. The molecule has 1 saturated heterocycles. The second kappa shape index (κ2) is 2.95. The average Bonchev–Trinajstić information content (AvgIpc) is 1.83. The lowest BCUT2D eigenvalue weighted by Crippen LogP contribution is -2.36. The molecule has 1 heterocycles. The number of hydrogen-bond donors (Lipinski definition) is 0. The molecule has 0 aliphatic carbocycles. The van der Waals surface area contributed by atoms with E-state index in [0.717, 1.165) is 0 Å². The minimum Gasteiger partial charge on any atom is -0.320 e. The lowest BCUT2D eigenvalue weighted by molar-refractivity contribution is -0.274. The van der Waals surface area contributed by atoms with Crippen molar-refractivity contribution < 1.29 is 13.5 Å². The number of hydrogen-bond acceptors (Lipinski definition) is 1. The molecule has 1 aliphatic rings. The molecule has 1 fully saturated rings. The predicted octanol–water partition coefficient (Wildman–Crippen LogP) is 3.05. The summed E-state index contributed by atoms with van der Waals surface area (Å²) in [5, 5.41) is 0. The minimum absolute atomic E-state index is 0.0799. The fourth-order valence-corrected chi connectivity index (χ4v) is 1.40. The maximum absolute atomic E-state index is 12.5. The van der Waals surface area contributed by atoms with Gasteiger partial charge in [-0.2, -0.15) is 8.78 Å². The normalized spacial score (nSPS) is 30.2. The third-order valence-corrected chi connectivity index (χ3v) is 2.50. The van der Waals surface area contributed by atoms with E-state index < -0.39 is 6.11 Å². The molecular weight excluding hydrogens is 162 g/mol. The number of rotatable bonds is 0. The molecule has 1 nitrogen and oxygen atoms in total. The van der Waals surface area contributed by atoms with Crippen LogP contribution in [-0.2, 0) is 4.74 Å².